The van der Waals surface area contributed by atoms with Gasteiger partial charge in [0.15, 0.2) is 0 Å². The summed E-state index contributed by atoms with van der Waals surface area (Å²) in [5.41, 5.74) is 3.23. The minimum Gasteiger partial charge on any atom is -0.478 e. The number of hydrogen-bond acceptors (Lipinski definition) is 4. The van der Waals surface area contributed by atoms with Gasteiger partial charge in [0.2, 0.25) is 5.95 Å². The molecule has 192 valence electrons. The Labute approximate surface area is 214 Å². The average Bonchev–Trinajstić information content (AvgIpc) is 3.25. The minimum atomic E-state index is -2.98. The van der Waals surface area contributed by atoms with Crippen LogP contribution in [0.1, 0.15) is 53.2 Å². The maximum Gasteiger partial charge on any atom is 0.335 e. The zero-order chi connectivity index (χ0) is 26.0. The Kier molecular flexibility index (Phi) is 6.91. The highest BCUT2D eigenvalue weighted by Gasteiger charge is 2.29. The maximum absolute atomic E-state index is 14.4. The molecule has 1 saturated heterocycles. The summed E-state index contributed by atoms with van der Waals surface area (Å²) in [4.78, 5) is 22.7. The van der Waals surface area contributed by atoms with E-state index in [4.69, 9.17) is 4.98 Å². The van der Waals surface area contributed by atoms with Crippen molar-refractivity contribution in [3.8, 4) is 0 Å². The fourth-order valence-electron chi connectivity index (χ4n) is 5.25. The molecule has 1 aliphatic heterocycles. The van der Waals surface area contributed by atoms with Crippen molar-refractivity contribution in [2.45, 2.75) is 45.1 Å². The molecule has 6 nitrogen and oxygen atoms in total. The van der Waals surface area contributed by atoms with Gasteiger partial charge in [-0.25, -0.2) is 18.6 Å². The van der Waals surface area contributed by atoms with Gasteiger partial charge < -0.3 is 14.6 Å². The Hall–Kier alpha value is -3.81. The number of carbonyl (C=O) groups is 1. The molecule has 0 saturated carbocycles. The molecular formula is C29H30F2N4O2. The third kappa shape index (κ3) is 5.48. The van der Waals surface area contributed by atoms with E-state index in [1.54, 1.807) is 30.3 Å². The first kappa shape index (κ1) is 24.9. The molecule has 1 N–H and O–H groups in total. The smallest absolute Gasteiger partial charge is 0.335 e. The lowest BCUT2D eigenvalue weighted by Crippen LogP contribution is -2.35. The van der Waals surface area contributed by atoms with Crippen LogP contribution in [0.4, 0.5) is 14.7 Å². The molecule has 8 heteroatoms. The molecule has 0 spiro atoms. The zero-order valence-corrected chi connectivity index (χ0v) is 20.8. The molecule has 3 heterocycles. The number of carboxylic acids is 1. The van der Waals surface area contributed by atoms with Crippen molar-refractivity contribution >= 4 is 23.0 Å². The maximum atomic E-state index is 14.4. The molecular weight excluding hydrogens is 474 g/mol. The molecule has 0 bridgehead atoms. The van der Waals surface area contributed by atoms with Crippen LogP contribution >= 0.6 is 0 Å². The number of aryl methyl sites for hydroxylation is 1. The van der Waals surface area contributed by atoms with Gasteiger partial charge in [0.1, 0.15) is 0 Å². The number of fused-ring (bicyclic) bond motifs is 1. The number of carboxylic acid groups (broad SMARTS) is 1. The van der Waals surface area contributed by atoms with E-state index in [-0.39, 0.29) is 17.7 Å². The molecule has 0 unspecified atom stereocenters. The topological polar surface area (TPSA) is 71.2 Å². The van der Waals surface area contributed by atoms with E-state index in [1.807, 2.05) is 17.0 Å². The highest BCUT2D eigenvalue weighted by Crippen LogP contribution is 2.33. The summed E-state index contributed by atoms with van der Waals surface area (Å²) in [7, 11) is 0. The molecule has 0 atom stereocenters. The molecule has 4 aromatic rings. The first-order valence-electron chi connectivity index (χ1n) is 12.6. The normalized spacial score (nSPS) is 14.8. The average molecular weight is 505 g/mol. The number of halogens is 2. The van der Waals surface area contributed by atoms with Crippen LogP contribution in [0.25, 0.3) is 11.0 Å². The SMILES string of the molecule is CC(F)(F)c1ccccc1Cn1c(N2CCC(CCc3ccncc3)CC2)nc2cc(C(=O)O)ccc21. The standard InChI is InChI=1S/C29H30F2N4O2/c1-29(30,31)24-5-3-2-4-23(24)19-35-26-9-8-22(27(36)37)18-25(26)33-28(35)34-16-12-21(13-17-34)7-6-20-10-14-32-15-11-20/h2-5,8-11,14-15,18,21H,6-7,12-13,16-17,19H2,1H3,(H,36,37). The molecule has 0 radical (unpaired) electrons. The van der Waals surface area contributed by atoms with Crippen LogP contribution in [0, 0.1) is 5.92 Å². The van der Waals surface area contributed by atoms with E-state index in [0.29, 0.717) is 22.9 Å². The van der Waals surface area contributed by atoms with E-state index in [9.17, 15) is 18.7 Å². The Morgan fingerprint density at radius 1 is 1.08 bits per heavy atom. The van der Waals surface area contributed by atoms with Gasteiger partial charge in [0.05, 0.1) is 23.1 Å². The van der Waals surface area contributed by atoms with E-state index in [0.717, 1.165) is 51.2 Å². The number of aromatic carboxylic acids is 1. The summed E-state index contributed by atoms with van der Waals surface area (Å²) >= 11 is 0. The number of rotatable bonds is 8. The number of alkyl halides is 2. The monoisotopic (exact) mass is 504 g/mol. The molecule has 1 fully saturated rings. The number of anilines is 1. The number of piperidine rings is 1. The number of nitrogens with zero attached hydrogens (tertiary/aromatic N) is 4. The van der Waals surface area contributed by atoms with E-state index in [2.05, 4.69) is 22.0 Å². The number of hydrogen-bond donors (Lipinski definition) is 1. The van der Waals surface area contributed by atoms with Crippen molar-refractivity contribution in [1.82, 2.24) is 14.5 Å². The van der Waals surface area contributed by atoms with Crippen LogP contribution < -0.4 is 4.90 Å². The van der Waals surface area contributed by atoms with Crippen LogP contribution in [-0.4, -0.2) is 38.7 Å². The first-order chi connectivity index (χ1) is 17.8. The quantitative estimate of drug-likeness (QED) is 0.312. The summed E-state index contributed by atoms with van der Waals surface area (Å²) in [6.07, 6.45) is 7.80. The number of imidazole rings is 1. The number of benzene rings is 2. The van der Waals surface area contributed by atoms with E-state index < -0.39 is 11.9 Å². The highest BCUT2D eigenvalue weighted by molar-refractivity contribution is 5.93. The second-order valence-corrected chi connectivity index (χ2v) is 9.88. The summed E-state index contributed by atoms with van der Waals surface area (Å²) in [5.74, 6) is -2.71. The Morgan fingerprint density at radius 3 is 2.51 bits per heavy atom. The summed E-state index contributed by atoms with van der Waals surface area (Å²) in [6.45, 7) is 2.75. The number of pyridine rings is 1. The van der Waals surface area contributed by atoms with Crippen molar-refractivity contribution < 1.29 is 18.7 Å². The van der Waals surface area contributed by atoms with Gasteiger partial charge >= 0.3 is 5.97 Å². The molecule has 2 aromatic heterocycles. The summed E-state index contributed by atoms with van der Waals surface area (Å²) < 4.78 is 30.7. The molecule has 37 heavy (non-hydrogen) atoms. The lowest BCUT2D eigenvalue weighted by Gasteiger charge is -2.33. The van der Waals surface area contributed by atoms with Gasteiger partial charge in [-0.15, -0.1) is 0 Å². The highest BCUT2D eigenvalue weighted by atomic mass is 19.3. The van der Waals surface area contributed by atoms with E-state index >= 15 is 0 Å². The summed E-state index contributed by atoms with van der Waals surface area (Å²) in [6, 6.07) is 15.5. The molecule has 0 amide bonds. The van der Waals surface area contributed by atoms with Crippen LogP contribution in [0.5, 0.6) is 0 Å². The fraction of sp³-hybridized carbons (Fsp3) is 0.345. The third-order valence-corrected chi connectivity index (χ3v) is 7.28. The van der Waals surface area contributed by atoms with Gasteiger partial charge in [0, 0.05) is 38.0 Å². The molecule has 2 aromatic carbocycles. The predicted molar refractivity (Wildman–Crippen MR) is 139 cm³/mol. The third-order valence-electron chi connectivity index (χ3n) is 7.28. The molecule has 1 aliphatic rings. The van der Waals surface area contributed by atoms with Crippen molar-refractivity contribution in [2.24, 2.45) is 5.92 Å². The Balaban J connectivity index is 1.42. The van der Waals surface area contributed by atoms with Crippen molar-refractivity contribution in [1.29, 1.82) is 0 Å². The second kappa shape index (κ2) is 10.3. The van der Waals surface area contributed by atoms with Gasteiger partial charge in [-0.2, -0.15) is 0 Å². The zero-order valence-electron chi connectivity index (χ0n) is 20.8. The summed E-state index contributed by atoms with van der Waals surface area (Å²) in [5, 5.41) is 9.46. The fourth-order valence-corrected chi connectivity index (χ4v) is 5.25. The lowest BCUT2D eigenvalue weighted by atomic mass is 9.91. The Morgan fingerprint density at radius 2 is 1.81 bits per heavy atom. The van der Waals surface area contributed by atoms with Crippen LogP contribution in [0.3, 0.4) is 0 Å². The van der Waals surface area contributed by atoms with Gasteiger partial charge in [-0.1, -0.05) is 24.3 Å². The van der Waals surface area contributed by atoms with Crippen molar-refractivity contribution in [2.75, 3.05) is 18.0 Å². The van der Waals surface area contributed by atoms with E-state index in [1.165, 1.54) is 17.7 Å². The molecule has 5 rings (SSSR count). The predicted octanol–water partition coefficient (Wildman–Crippen LogP) is 6.14. The van der Waals surface area contributed by atoms with Crippen molar-refractivity contribution in [3.05, 3.63) is 89.2 Å². The minimum absolute atomic E-state index is 0.0141. The van der Waals surface area contributed by atoms with Gasteiger partial charge in [-0.3, -0.25) is 4.98 Å². The molecule has 0 aliphatic carbocycles. The van der Waals surface area contributed by atoms with Crippen LogP contribution in [0.2, 0.25) is 0 Å². The van der Waals surface area contributed by atoms with Gasteiger partial charge in [0.25, 0.3) is 5.92 Å². The Bertz CT molecular complexity index is 1390. The van der Waals surface area contributed by atoms with Crippen molar-refractivity contribution in [3.63, 3.8) is 0 Å². The largest absolute Gasteiger partial charge is 0.478 e. The van der Waals surface area contributed by atoms with Crippen LogP contribution in [0.15, 0.2) is 67.0 Å². The lowest BCUT2D eigenvalue weighted by molar-refractivity contribution is 0.0164. The van der Waals surface area contributed by atoms with Crippen LogP contribution in [-0.2, 0) is 18.9 Å². The second-order valence-electron chi connectivity index (χ2n) is 9.88. The first-order valence-corrected chi connectivity index (χ1v) is 12.6. The van der Waals surface area contributed by atoms with Gasteiger partial charge in [-0.05, 0) is 73.1 Å². The number of aromatic nitrogens is 3.